The minimum atomic E-state index is 0.403. The summed E-state index contributed by atoms with van der Waals surface area (Å²) in [5.41, 5.74) is 8.89. The summed E-state index contributed by atoms with van der Waals surface area (Å²) in [6, 6.07) is 0.403. The number of imidazole rings is 1. The Balaban J connectivity index is 2.71. The van der Waals surface area contributed by atoms with Gasteiger partial charge in [-0.25, -0.2) is 4.98 Å². The van der Waals surface area contributed by atoms with Crippen molar-refractivity contribution in [3.63, 3.8) is 0 Å². The number of anilines is 1. The Hall–Kier alpha value is -1.52. The number of nitrogens with zero attached hydrogens (tertiary/aromatic N) is 4. The average Bonchev–Trinajstić information content (AvgIpc) is 2.70. The second-order valence-corrected chi connectivity index (χ2v) is 4.19. The zero-order valence-corrected chi connectivity index (χ0v) is 10.4. The number of rotatable bonds is 3. The smallest absolute Gasteiger partial charge is 0.202 e. The van der Waals surface area contributed by atoms with Gasteiger partial charge in [-0.1, -0.05) is 13.8 Å². The molecule has 0 aliphatic rings. The van der Waals surface area contributed by atoms with Crippen molar-refractivity contribution in [1.82, 2.24) is 19.3 Å². The largest absolute Gasteiger partial charge is 0.369 e. The highest BCUT2D eigenvalue weighted by atomic mass is 15.4. The monoisotopic (exact) mass is 221 g/mol. The van der Waals surface area contributed by atoms with Crippen molar-refractivity contribution in [2.24, 2.45) is 7.05 Å². The van der Waals surface area contributed by atoms with E-state index in [1.54, 1.807) is 0 Å². The molecule has 0 fully saturated rings. The molecule has 0 aliphatic carbocycles. The van der Waals surface area contributed by atoms with Crippen molar-refractivity contribution < 1.29 is 0 Å². The molecular formula is C11H19N5. The van der Waals surface area contributed by atoms with E-state index in [0.29, 0.717) is 12.0 Å². The van der Waals surface area contributed by atoms with Crippen molar-refractivity contribution in [3.8, 4) is 0 Å². The molecule has 0 aromatic carbocycles. The van der Waals surface area contributed by atoms with Gasteiger partial charge in [0.15, 0.2) is 5.65 Å². The first-order valence-electron chi connectivity index (χ1n) is 5.77. The molecule has 0 amide bonds. The van der Waals surface area contributed by atoms with E-state index in [-0.39, 0.29) is 0 Å². The van der Waals surface area contributed by atoms with E-state index in [2.05, 4.69) is 28.5 Å². The molecule has 0 aliphatic heterocycles. The molecule has 0 atom stereocenters. The number of hydrogen-bond acceptors (Lipinski definition) is 3. The van der Waals surface area contributed by atoms with E-state index in [9.17, 15) is 0 Å². The Morgan fingerprint density at radius 3 is 2.50 bits per heavy atom. The first-order chi connectivity index (χ1) is 7.60. The second-order valence-electron chi connectivity index (χ2n) is 4.19. The fourth-order valence-corrected chi connectivity index (χ4v) is 2.33. The third kappa shape index (κ3) is 1.38. The predicted octanol–water partition coefficient (Wildman–Crippen LogP) is 2.02. The highest BCUT2D eigenvalue weighted by Gasteiger charge is 2.19. The van der Waals surface area contributed by atoms with Crippen molar-refractivity contribution >= 4 is 17.1 Å². The predicted molar refractivity (Wildman–Crippen MR) is 65.3 cm³/mol. The molecule has 0 bridgehead atoms. The van der Waals surface area contributed by atoms with E-state index in [4.69, 9.17) is 5.73 Å². The standard InChI is InChI=1S/C11H19N5/c1-5-8(6-2)16-10-9(13-11(16)12)7(3)14-15(10)4/h8H,5-6H2,1-4H3,(H2,12,13). The zero-order chi connectivity index (χ0) is 11.9. The van der Waals surface area contributed by atoms with Gasteiger partial charge in [-0.2, -0.15) is 5.10 Å². The van der Waals surface area contributed by atoms with E-state index in [1.807, 2.05) is 18.7 Å². The van der Waals surface area contributed by atoms with Crippen molar-refractivity contribution in [1.29, 1.82) is 0 Å². The van der Waals surface area contributed by atoms with Gasteiger partial charge in [0.25, 0.3) is 0 Å². The maximum atomic E-state index is 6.00. The summed E-state index contributed by atoms with van der Waals surface area (Å²) in [7, 11) is 1.94. The summed E-state index contributed by atoms with van der Waals surface area (Å²) in [5, 5.41) is 4.38. The lowest BCUT2D eigenvalue weighted by Gasteiger charge is -2.16. The van der Waals surface area contributed by atoms with Crippen molar-refractivity contribution in [2.75, 3.05) is 5.73 Å². The van der Waals surface area contributed by atoms with Crippen LogP contribution in [-0.2, 0) is 7.05 Å². The van der Waals surface area contributed by atoms with Crippen molar-refractivity contribution in [3.05, 3.63) is 5.69 Å². The van der Waals surface area contributed by atoms with Gasteiger partial charge in [-0.05, 0) is 19.8 Å². The molecule has 0 radical (unpaired) electrons. The fraction of sp³-hybridized carbons (Fsp3) is 0.636. The normalized spacial score (nSPS) is 11.8. The van der Waals surface area contributed by atoms with Gasteiger partial charge in [0.1, 0.15) is 5.52 Å². The SMILES string of the molecule is CCC(CC)n1c(N)nc2c(C)nn(C)c21. The summed E-state index contributed by atoms with van der Waals surface area (Å²) in [4.78, 5) is 4.41. The van der Waals surface area contributed by atoms with Crippen LogP contribution in [0.3, 0.4) is 0 Å². The first kappa shape index (κ1) is 11.0. The molecule has 0 unspecified atom stereocenters. The van der Waals surface area contributed by atoms with Gasteiger partial charge in [0.05, 0.1) is 5.69 Å². The van der Waals surface area contributed by atoms with Crippen LogP contribution in [0.4, 0.5) is 5.95 Å². The quantitative estimate of drug-likeness (QED) is 0.862. The van der Waals surface area contributed by atoms with Crippen LogP contribution >= 0.6 is 0 Å². The van der Waals surface area contributed by atoms with Crippen LogP contribution < -0.4 is 5.73 Å². The van der Waals surface area contributed by atoms with E-state index >= 15 is 0 Å². The summed E-state index contributed by atoms with van der Waals surface area (Å²) < 4.78 is 3.97. The number of fused-ring (bicyclic) bond motifs is 1. The summed E-state index contributed by atoms with van der Waals surface area (Å²) in [5.74, 6) is 0.597. The summed E-state index contributed by atoms with van der Waals surface area (Å²) >= 11 is 0. The Labute approximate surface area is 95.3 Å². The lowest BCUT2D eigenvalue weighted by molar-refractivity contribution is 0.480. The average molecular weight is 221 g/mol. The minimum absolute atomic E-state index is 0.403. The molecule has 2 heterocycles. The summed E-state index contributed by atoms with van der Waals surface area (Å²) in [6.45, 7) is 6.30. The molecule has 0 saturated carbocycles. The van der Waals surface area contributed by atoms with Gasteiger partial charge in [-0.15, -0.1) is 0 Å². The van der Waals surface area contributed by atoms with Crippen LogP contribution in [0.15, 0.2) is 0 Å². The molecule has 2 rings (SSSR count). The van der Waals surface area contributed by atoms with Crippen LogP contribution in [0.25, 0.3) is 11.2 Å². The van der Waals surface area contributed by atoms with Gasteiger partial charge in [0.2, 0.25) is 5.95 Å². The van der Waals surface area contributed by atoms with E-state index < -0.39 is 0 Å². The van der Waals surface area contributed by atoms with Crippen molar-refractivity contribution in [2.45, 2.75) is 39.7 Å². The third-order valence-electron chi connectivity index (χ3n) is 3.17. The Kier molecular flexibility index (Phi) is 2.61. The van der Waals surface area contributed by atoms with Gasteiger partial charge in [-0.3, -0.25) is 9.25 Å². The van der Waals surface area contributed by atoms with Crippen LogP contribution in [0.1, 0.15) is 38.4 Å². The Bertz CT molecular complexity index is 504. The topological polar surface area (TPSA) is 61.7 Å². The number of aromatic nitrogens is 4. The van der Waals surface area contributed by atoms with Gasteiger partial charge < -0.3 is 5.73 Å². The molecule has 88 valence electrons. The number of aryl methyl sites for hydroxylation is 2. The number of nitrogen functional groups attached to an aromatic ring is 1. The minimum Gasteiger partial charge on any atom is -0.369 e. The number of hydrogen-bond donors (Lipinski definition) is 1. The first-order valence-corrected chi connectivity index (χ1v) is 5.77. The molecule has 16 heavy (non-hydrogen) atoms. The maximum Gasteiger partial charge on any atom is 0.202 e. The maximum absolute atomic E-state index is 6.00. The van der Waals surface area contributed by atoms with Crippen LogP contribution in [-0.4, -0.2) is 19.3 Å². The number of nitrogens with two attached hydrogens (primary N) is 1. The molecule has 0 saturated heterocycles. The van der Waals surface area contributed by atoms with Crippen LogP contribution in [0.2, 0.25) is 0 Å². The third-order valence-corrected chi connectivity index (χ3v) is 3.17. The highest BCUT2D eigenvalue weighted by molar-refractivity contribution is 5.77. The van der Waals surface area contributed by atoms with Gasteiger partial charge >= 0.3 is 0 Å². The summed E-state index contributed by atoms with van der Waals surface area (Å²) in [6.07, 6.45) is 2.10. The molecule has 2 aromatic heterocycles. The van der Waals surface area contributed by atoms with Gasteiger partial charge in [0, 0.05) is 13.1 Å². The lowest BCUT2D eigenvalue weighted by Crippen LogP contribution is -2.12. The zero-order valence-electron chi connectivity index (χ0n) is 10.4. The second kappa shape index (κ2) is 3.81. The molecule has 2 N–H and O–H groups in total. The molecular weight excluding hydrogens is 202 g/mol. The van der Waals surface area contributed by atoms with E-state index in [0.717, 1.165) is 29.7 Å². The molecule has 5 heteroatoms. The molecule has 5 nitrogen and oxygen atoms in total. The fourth-order valence-electron chi connectivity index (χ4n) is 2.33. The molecule has 2 aromatic rings. The van der Waals surface area contributed by atoms with Crippen LogP contribution in [0.5, 0.6) is 0 Å². The Morgan fingerprint density at radius 2 is 1.94 bits per heavy atom. The highest BCUT2D eigenvalue weighted by Crippen LogP contribution is 2.27. The lowest BCUT2D eigenvalue weighted by atomic mass is 10.2. The molecule has 0 spiro atoms. The van der Waals surface area contributed by atoms with E-state index in [1.165, 1.54) is 0 Å². The van der Waals surface area contributed by atoms with Crippen LogP contribution in [0, 0.1) is 6.92 Å². The Morgan fingerprint density at radius 1 is 1.31 bits per heavy atom.